The highest BCUT2D eigenvalue weighted by atomic mass is 16.6. The fraction of sp³-hybridized carbons (Fsp3) is 0.500. The normalized spacial score (nSPS) is 31.4. The maximum Gasteiger partial charge on any atom is 0.154 e. The maximum absolute atomic E-state index is 8.95. The fourth-order valence-electron chi connectivity index (χ4n) is 1.06. The predicted octanol–water partition coefficient (Wildman–Crippen LogP) is -0.201. The Morgan fingerprint density at radius 1 is 1.75 bits per heavy atom. The van der Waals surface area contributed by atoms with Crippen molar-refractivity contribution < 1.29 is 9.84 Å². The van der Waals surface area contributed by atoms with Crippen LogP contribution in [-0.4, -0.2) is 17.1 Å². The van der Waals surface area contributed by atoms with Crippen molar-refractivity contribution in [1.29, 1.82) is 0 Å². The number of rotatable bonds is 2. The zero-order chi connectivity index (χ0) is 9.19. The van der Waals surface area contributed by atoms with Crippen molar-refractivity contribution in [2.45, 2.75) is 25.4 Å². The summed E-state index contributed by atoms with van der Waals surface area (Å²) in [5, 5.41) is 8.95. The van der Waals surface area contributed by atoms with Gasteiger partial charge in [0.1, 0.15) is 5.72 Å². The first-order chi connectivity index (χ1) is 5.52. The third-order valence-electron chi connectivity index (χ3n) is 1.60. The van der Waals surface area contributed by atoms with Crippen LogP contribution in [0.25, 0.3) is 0 Å². The molecule has 1 rings (SSSR count). The van der Waals surface area contributed by atoms with E-state index in [9.17, 15) is 0 Å². The lowest BCUT2D eigenvalue weighted by atomic mass is 10.0. The second-order valence-electron chi connectivity index (χ2n) is 2.91. The summed E-state index contributed by atoms with van der Waals surface area (Å²) in [5.74, 6) is 0. The molecule has 1 aliphatic rings. The molecule has 2 atom stereocenters. The van der Waals surface area contributed by atoms with E-state index in [0.29, 0.717) is 12.1 Å². The molecule has 0 saturated carbocycles. The summed E-state index contributed by atoms with van der Waals surface area (Å²) in [4.78, 5) is 0. The molecule has 0 saturated heterocycles. The van der Waals surface area contributed by atoms with Gasteiger partial charge in [0.05, 0.1) is 0 Å². The molecule has 68 valence electrons. The van der Waals surface area contributed by atoms with Gasteiger partial charge in [-0.25, -0.2) is 0 Å². The van der Waals surface area contributed by atoms with Gasteiger partial charge in [-0.15, -0.1) is 0 Å². The predicted molar refractivity (Wildman–Crippen MR) is 45.7 cm³/mol. The van der Waals surface area contributed by atoms with Crippen LogP contribution in [-0.2, 0) is 4.74 Å². The van der Waals surface area contributed by atoms with Gasteiger partial charge in [-0.2, -0.15) is 0 Å². The van der Waals surface area contributed by atoms with Gasteiger partial charge in [0, 0.05) is 12.1 Å². The topological polar surface area (TPSA) is 81.5 Å². The van der Waals surface area contributed by atoms with Crippen molar-refractivity contribution in [3.63, 3.8) is 0 Å². The van der Waals surface area contributed by atoms with Gasteiger partial charge in [-0.1, -0.05) is 6.08 Å². The minimum atomic E-state index is -0.906. The van der Waals surface area contributed by atoms with Crippen LogP contribution < -0.4 is 11.5 Å². The van der Waals surface area contributed by atoms with E-state index in [0.717, 1.165) is 0 Å². The Balaban J connectivity index is 2.59. The van der Waals surface area contributed by atoms with E-state index in [1.807, 2.05) is 0 Å². The third kappa shape index (κ3) is 2.34. The molecule has 0 aromatic heterocycles. The molecule has 0 heterocycles. The zero-order valence-electron chi connectivity index (χ0n) is 7.03. The lowest BCUT2D eigenvalue weighted by molar-refractivity contribution is -0.153. The van der Waals surface area contributed by atoms with Gasteiger partial charge in [-0.3, -0.25) is 5.73 Å². The number of hydrogen-bond acceptors (Lipinski definition) is 4. The summed E-state index contributed by atoms with van der Waals surface area (Å²) in [7, 11) is 0. The summed E-state index contributed by atoms with van der Waals surface area (Å²) in [6.45, 7) is 1.52. The lowest BCUT2D eigenvalue weighted by Gasteiger charge is -2.28. The van der Waals surface area contributed by atoms with Crippen molar-refractivity contribution in [3.05, 3.63) is 23.9 Å². The van der Waals surface area contributed by atoms with Gasteiger partial charge in [0.2, 0.25) is 0 Å². The van der Waals surface area contributed by atoms with Crippen LogP contribution >= 0.6 is 0 Å². The summed E-state index contributed by atoms with van der Waals surface area (Å²) in [6.07, 6.45) is 4.70. The maximum atomic E-state index is 8.95. The highest BCUT2D eigenvalue weighted by Gasteiger charge is 2.25. The second-order valence-corrected chi connectivity index (χ2v) is 2.91. The fourth-order valence-corrected chi connectivity index (χ4v) is 1.06. The molecule has 0 aliphatic heterocycles. The molecular formula is C8H14N2O2. The number of allylic oxidation sites excluding steroid dienone is 1. The lowest BCUT2D eigenvalue weighted by Crippen LogP contribution is -2.44. The average molecular weight is 170 g/mol. The van der Waals surface area contributed by atoms with Crippen molar-refractivity contribution in [2.24, 2.45) is 11.5 Å². The monoisotopic (exact) mass is 170 g/mol. The first-order valence-corrected chi connectivity index (χ1v) is 3.81. The van der Waals surface area contributed by atoms with E-state index in [-0.39, 0.29) is 0 Å². The molecular weight excluding hydrogens is 156 g/mol. The molecule has 4 nitrogen and oxygen atoms in total. The molecule has 5 N–H and O–H groups in total. The number of aliphatic hydroxyl groups is 1. The molecule has 0 bridgehead atoms. The molecule has 0 fully saturated rings. The van der Waals surface area contributed by atoms with Crippen LogP contribution in [0.15, 0.2) is 23.9 Å². The largest absolute Gasteiger partial charge is 0.399 e. The molecule has 12 heavy (non-hydrogen) atoms. The minimum Gasteiger partial charge on any atom is -0.399 e. The van der Waals surface area contributed by atoms with Gasteiger partial charge in [-0.05, 0) is 19.1 Å². The van der Waals surface area contributed by atoms with Crippen molar-refractivity contribution in [2.75, 3.05) is 0 Å². The molecule has 0 aromatic carbocycles. The van der Waals surface area contributed by atoms with E-state index in [1.54, 1.807) is 18.2 Å². The van der Waals surface area contributed by atoms with E-state index < -0.39 is 12.0 Å². The second kappa shape index (κ2) is 3.26. The van der Waals surface area contributed by atoms with Crippen LogP contribution in [0.5, 0.6) is 0 Å². The van der Waals surface area contributed by atoms with E-state index in [4.69, 9.17) is 21.3 Å². The Hall–Kier alpha value is -0.840. The Labute approximate surface area is 71.5 Å². The third-order valence-corrected chi connectivity index (χ3v) is 1.60. The number of aliphatic hydroxyl groups excluding tert-OH is 1. The molecule has 0 amide bonds. The minimum absolute atomic E-state index is 0.486. The van der Waals surface area contributed by atoms with E-state index in [1.165, 1.54) is 6.92 Å². The summed E-state index contributed by atoms with van der Waals surface area (Å²) >= 11 is 0. The van der Waals surface area contributed by atoms with Crippen LogP contribution in [0, 0.1) is 0 Å². The molecule has 0 aromatic rings. The molecule has 0 radical (unpaired) electrons. The van der Waals surface area contributed by atoms with Crippen LogP contribution in [0.1, 0.15) is 13.3 Å². The Morgan fingerprint density at radius 3 is 2.83 bits per heavy atom. The first kappa shape index (κ1) is 9.25. The van der Waals surface area contributed by atoms with E-state index in [2.05, 4.69) is 0 Å². The summed E-state index contributed by atoms with van der Waals surface area (Å²) in [5.41, 5.74) is 11.0. The molecule has 1 aliphatic carbocycles. The quantitative estimate of drug-likeness (QED) is 0.501. The van der Waals surface area contributed by atoms with Gasteiger partial charge in [0.25, 0.3) is 0 Å². The van der Waals surface area contributed by atoms with Crippen molar-refractivity contribution in [3.8, 4) is 0 Å². The van der Waals surface area contributed by atoms with Crippen LogP contribution in [0.4, 0.5) is 0 Å². The molecule has 0 spiro atoms. The van der Waals surface area contributed by atoms with Crippen LogP contribution in [0.2, 0.25) is 0 Å². The van der Waals surface area contributed by atoms with Gasteiger partial charge >= 0.3 is 0 Å². The van der Waals surface area contributed by atoms with Crippen molar-refractivity contribution in [1.82, 2.24) is 0 Å². The van der Waals surface area contributed by atoms with Crippen molar-refractivity contribution >= 4 is 0 Å². The summed E-state index contributed by atoms with van der Waals surface area (Å²) < 4.78 is 5.07. The first-order valence-electron chi connectivity index (χ1n) is 3.81. The van der Waals surface area contributed by atoms with Crippen LogP contribution in [0.3, 0.4) is 0 Å². The summed E-state index contributed by atoms with van der Waals surface area (Å²) in [6, 6.07) is 0. The zero-order valence-corrected chi connectivity index (χ0v) is 7.03. The van der Waals surface area contributed by atoms with Gasteiger partial charge < -0.3 is 15.6 Å². The molecule has 4 heteroatoms. The van der Waals surface area contributed by atoms with Gasteiger partial charge in [0.15, 0.2) is 6.29 Å². The standard InChI is InChI=1S/C8H14N2O2/c1-6(11)12-8(10)4-2-7(9)3-5-8/h2-4,6,11H,5,9-10H2,1H3. The number of ether oxygens (including phenoxy) is 1. The Bertz CT molecular complexity index is 223. The number of nitrogens with two attached hydrogens (primary N) is 2. The Kier molecular flexibility index (Phi) is 2.52. The smallest absolute Gasteiger partial charge is 0.154 e. The molecule has 2 unspecified atom stereocenters. The SMILES string of the molecule is CC(O)OC1(N)C=CC(N)=CC1. The Morgan fingerprint density at radius 2 is 2.42 bits per heavy atom. The highest BCUT2D eigenvalue weighted by molar-refractivity contribution is 5.24. The number of hydrogen-bond donors (Lipinski definition) is 3. The van der Waals surface area contributed by atoms with E-state index >= 15 is 0 Å². The average Bonchev–Trinajstić information content (AvgIpc) is 1.94. The highest BCUT2D eigenvalue weighted by Crippen LogP contribution is 2.18.